The molecule has 7 nitrogen and oxygen atoms in total. The Kier molecular flexibility index (Phi) is 6.99. The number of piperazine rings is 1. The van der Waals surface area contributed by atoms with Gasteiger partial charge in [-0.05, 0) is 31.6 Å². The number of nitrogens with zero attached hydrogens (tertiary/aromatic N) is 5. The van der Waals surface area contributed by atoms with Crippen LogP contribution in [0.5, 0.6) is 0 Å². The van der Waals surface area contributed by atoms with Crippen molar-refractivity contribution < 1.29 is 4.79 Å². The summed E-state index contributed by atoms with van der Waals surface area (Å²) in [7, 11) is 0. The first-order valence-corrected chi connectivity index (χ1v) is 10.6. The normalized spacial score (nSPS) is 24.0. The maximum Gasteiger partial charge on any atom is 0.245 e. The molecule has 0 radical (unpaired) electrons. The standard InChI is InChI=1S/C20H34N6O/c1-4-17-18(5-2)23-24-20(22-17)26-11-9-25(10-12-26)14-19(27)21-16-8-6-7-15(3)13-16/h15-16H,4-14H2,1-3H3,(H,21,27). The summed E-state index contributed by atoms with van der Waals surface area (Å²) in [6.07, 6.45) is 6.52. The molecule has 2 atom stereocenters. The van der Waals surface area contributed by atoms with Crippen molar-refractivity contribution in [1.29, 1.82) is 0 Å². The number of carbonyl (C=O) groups excluding carboxylic acids is 1. The minimum Gasteiger partial charge on any atom is -0.352 e. The van der Waals surface area contributed by atoms with Gasteiger partial charge in [-0.1, -0.05) is 33.6 Å². The van der Waals surface area contributed by atoms with Crippen molar-refractivity contribution in [3.8, 4) is 0 Å². The van der Waals surface area contributed by atoms with E-state index in [9.17, 15) is 4.79 Å². The topological polar surface area (TPSA) is 74.2 Å². The zero-order valence-corrected chi connectivity index (χ0v) is 17.1. The Morgan fingerprint density at radius 2 is 1.81 bits per heavy atom. The first kappa shape index (κ1) is 20.0. The molecule has 1 amide bonds. The van der Waals surface area contributed by atoms with Crippen LogP contribution >= 0.6 is 0 Å². The van der Waals surface area contributed by atoms with Crippen LogP contribution in [-0.4, -0.2) is 64.8 Å². The second-order valence-electron chi connectivity index (χ2n) is 8.01. The number of aryl methyl sites for hydroxylation is 2. The first-order chi connectivity index (χ1) is 13.1. The molecule has 1 aliphatic carbocycles. The summed E-state index contributed by atoms with van der Waals surface area (Å²) in [5, 5.41) is 11.9. The summed E-state index contributed by atoms with van der Waals surface area (Å²) in [5.74, 6) is 1.62. The Hall–Kier alpha value is -1.76. The maximum absolute atomic E-state index is 12.4. The Balaban J connectivity index is 1.46. The average molecular weight is 375 g/mol. The third-order valence-corrected chi connectivity index (χ3v) is 5.82. The lowest BCUT2D eigenvalue weighted by atomic mass is 9.87. The molecule has 1 aromatic rings. The Labute approximate surface area is 162 Å². The van der Waals surface area contributed by atoms with E-state index in [1.54, 1.807) is 0 Å². The van der Waals surface area contributed by atoms with Crippen LogP contribution < -0.4 is 10.2 Å². The monoisotopic (exact) mass is 374 g/mol. The van der Waals surface area contributed by atoms with Gasteiger partial charge in [0.05, 0.1) is 17.9 Å². The highest BCUT2D eigenvalue weighted by atomic mass is 16.2. The molecule has 1 saturated heterocycles. The van der Waals surface area contributed by atoms with Gasteiger partial charge in [0.15, 0.2) is 0 Å². The van der Waals surface area contributed by atoms with Crippen molar-refractivity contribution in [2.24, 2.45) is 5.92 Å². The van der Waals surface area contributed by atoms with Crippen LogP contribution in [0.1, 0.15) is 57.8 Å². The molecule has 0 aromatic carbocycles. The molecule has 1 aromatic heterocycles. The maximum atomic E-state index is 12.4. The summed E-state index contributed by atoms with van der Waals surface area (Å²) in [4.78, 5) is 21.5. The lowest BCUT2D eigenvalue weighted by molar-refractivity contribution is -0.123. The highest BCUT2D eigenvalue weighted by Gasteiger charge is 2.24. The van der Waals surface area contributed by atoms with E-state index in [0.29, 0.717) is 12.6 Å². The van der Waals surface area contributed by atoms with Crippen molar-refractivity contribution in [3.63, 3.8) is 0 Å². The second kappa shape index (κ2) is 9.44. The van der Waals surface area contributed by atoms with Crippen LogP contribution in [0, 0.1) is 5.92 Å². The van der Waals surface area contributed by atoms with E-state index in [1.807, 2.05) is 0 Å². The molecule has 1 N–H and O–H groups in total. The van der Waals surface area contributed by atoms with Crippen LogP contribution in [0.15, 0.2) is 0 Å². The van der Waals surface area contributed by atoms with Gasteiger partial charge in [-0.3, -0.25) is 9.69 Å². The van der Waals surface area contributed by atoms with E-state index in [2.05, 4.69) is 46.1 Å². The molecule has 2 aliphatic rings. The molecule has 0 bridgehead atoms. The number of hydrogen-bond donors (Lipinski definition) is 1. The smallest absolute Gasteiger partial charge is 0.245 e. The minimum atomic E-state index is 0.168. The Morgan fingerprint density at radius 3 is 2.48 bits per heavy atom. The van der Waals surface area contributed by atoms with Crippen LogP contribution in [-0.2, 0) is 17.6 Å². The van der Waals surface area contributed by atoms with E-state index in [-0.39, 0.29) is 5.91 Å². The number of carbonyl (C=O) groups is 1. The predicted octanol–water partition coefficient (Wildman–Crippen LogP) is 1.81. The lowest BCUT2D eigenvalue weighted by Crippen LogP contribution is -2.51. The third-order valence-electron chi connectivity index (χ3n) is 5.82. The van der Waals surface area contributed by atoms with Crippen molar-refractivity contribution in [2.45, 2.75) is 65.3 Å². The largest absolute Gasteiger partial charge is 0.352 e. The fourth-order valence-electron chi connectivity index (χ4n) is 4.21. The number of hydrogen-bond acceptors (Lipinski definition) is 6. The Morgan fingerprint density at radius 1 is 1.07 bits per heavy atom. The SMILES string of the molecule is CCc1nnc(N2CCN(CC(=O)NC3CCCC(C)C3)CC2)nc1CC. The van der Waals surface area contributed by atoms with Crippen LogP contribution in [0.25, 0.3) is 0 Å². The molecular formula is C20H34N6O. The third kappa shape index (κ3) is 5.37. The van der Waals surface area contributed by atoms with E-state index >= 15 is 0 Å². The van der Waals surface area contributed by atoms with E-state index in [0.717, 1.165) is 75.1 Å². The second-order valence-corrected chi connectivity index (χ2v) is 8.01. The summed E-state index contributed by atoms with van der Waals surface area (Å²) in [5.41, 5.74) is 2.04. The first-order valence-electron chi connectivity index (χ1n) is 10.6. The zero-order valence-electron chi connectivity index (χ0n) is 17.1. The van der Waals surface area contributed by atoms with Crippen LogP contribution in [0.3, 0.4) is 0 Å². The number of nitrogens with one attached hydrogen (secondary N) is 1. The van der Waals surface area contributed by atoms with Gasteiger partial charge in [0.1, 0.15) is 0 Å². The molecule has 0 spiro atoms. The number of amides is 1. The zero-order chi connectivity index (χ0) is 19.2. The number of anilines is 1. The van der Waals surface area contributed by atoms with E-state index < -0.39 is 0 Å². The van der Waals surface area contributed by atoms with Crippen LogP contribution in [0.2, 0.25) is 0 Å². The van der Waals surface area contributed by atoms with Gasteiger partial charge >= 0.3 is 0 Å². The molecule has 1 aliphatic heterocycles. The molecule has 2 heterocycles. The average Bonchev–Trinajstić information content (AvgIpc) is 2.68. The fourth-order valence-corrected chi connectivity index (χ4v) is 4.21. The summed E-state index contributed by atoms with van der Waals surface area (Å²) in [6.45, 7) is 10.4. The molecular weight excluding hydrogens is 340 g/mol. The molecule has 7 heteroatoms. The molecule has 1 saturated carbocycles. The van der Waals surface area contributed by atoms with Crippen LogP contribution in [0.4, 0.5) is 5.95 Å². The van der Waals surface area contributed by atoms with Gasteiger partial charge in [-0.25, -0.2) is 4.98 Å². The lowest BCUT2D eigenvalue weighted by Gasteiger charge is -2.35. The molecule has 27 heavy (non-hydrogen) atoms. The van der Waals surface area contributed by atoms with Crippen molar-refractivity contribution in [3.05, 3.63) is 11.4 Å². The summed E-state index contributed by atoms with van der Waals surface area (Å²) >= 11 is 0. The number of rotatable bonds is 6. The van der Waals surface area contributed by atoms with Gasteiger partial charge in [-0.15, -0.1) is 5.10 Å². The van der Waals surface area contributed by atoms with Gasteiger partial charge in [0.25, 0.3) is 0 Å². The van der Waals surface area contributed by atoms with Gasteiger partial charge in [-0.2, -0.15) is 5.10 Å². The highest BCUT2D eigenvalue weighted by Crippen LogP contribution is 2.23. The van der Waals surface area contributed by atoms with Crippen molar-refractivity contribution in [1.82, 2.24) is 25.4 Å². The van der Waals surface area contributed by atoms with E-state index in [1.165, 1.54) is 12.8 Å². The van der Waals surface area contributed by atoms with Crippen molar-refractivity contribution in [2.75, 3.05) is 37.6 Å². The quantitative estimate of drug-likeness (QED) is 0.819. The molecule has 2 fully saturated rings. The number of aromatic nitrogens is 3. The molecule has 3 rings (SSSR count). The summed E-state index contributed by atoms with van der Waals surface area (Å²) < 4.78 is 0. The summed E-state index contributed by atoms with van der Waals surface area (Å²) in [6, 6.07) is 0.367. The van der Waals surface area contributed by atoms with Gasteiger partial charge in [0, 0.05) is 32.2 Å². The minimum absolute atomic E-state index is 0.168. The van der Waals surface area contributed by atoms with Gasteiger partial charge in [0.2, 0.25) is 11.9 Å². The van der Waals surface area contributed by atoms with Crippen molar-refractivity contribution >= 4 is 11.9 Å². The molecule has 150 valence electrons. The highest BCUT2D eigenvalue weighted by molar-refractivity contribution is 5.78. The molecule has 2 unspecified atom stereocenters. The van der Waals surface area contributed by atoms with E-state index in [4.69, 9.17) is 4.98 Å². The fraction of sp³-hybridized carbons (Fsp3) is 0.800. The Bertz CT molecular complexity index is 629. The predicted molar refractivity (Wildman–Crippen MR) is 107 cm³/mol. The van der Waals surface area contributed by atoms with Gasteiger partial charge < -0.3 is 10.2 Å².